The van der Waals surface area contributed by atoms with Crippen LogP contribution in [0.15, 0.2) is 19.7 Å². The topological polar surface area (TPSA) is 165 Å². The number of primary amides is 1. The first-order valence-corrected chi connectivity index (χ1v) is 12.2. The Kier molecular flexibility index (Phi) is 7.32. The number of carboxylic acids is 1. The van der Waals surface area contributed by atoms with Crippen LogP contribution in [0.25, 0.3) is 21.9 Å². The Balaban J connectivity index is 1.53. The number of hydrogen-bond acceptors (Lipinski definition) is 6. The molecule has 192 valence electrons. The van der Waals surface area contributed by atoms with Crippen molar-refractivity contribution in [3.8, 4) is 0 Å². The standard InChI is InChI=1S/C26H31N3O7/c1-13-15(9-10-21(30)29-19(24(31)32)7-5-11-28-26(27)34)25(33)36-22-14(2)23-18(12-17(13)22)16-6-3-4-8-20(16)35-23/h12,19H,3-11H2,1-2H3,(H,29,30)(H,31,32)(H3,27,28,34)/t19-/m1/s1. The number of rotatable bonds is 9. The summed E-state index contributed by atoms with van der Waals surface area (Å²) < 4.78 is 11.8. The average molecular weight is 498 g/mol. The monoisotopic (exact) mass is 497 g/mol. The van der Waals surface area contributed by atoms with Crippen molar-refractivity contribution in [3.63, 3.8) is 0 Å². The molecule has 36 heavy (non-hydrogen) atoms. The smallest absolute Gasteiger partial charge is 0.339 e. The number of fused-ring (bicyclic) bond motifs is 4. The number of urea groups is 1. The quantitative estimate of drug-likeness (QED) is 0.261. The van der Waals surface area contributed by atoms with Gasteiger partial charge in [0.1, 0.15) is 23.0 Å². The van der Waals surface area contributed by atoms with E-state index in [0.717, 1.165) is 58.9 Å². The number of benzene rings is 1. The first-order chi connectivity index (χ1) is 17.2. The molecular formula is C26H31N3O7. The molecule has 0 saturated heterocycles. The number of hydrogen-bond donors (Lipinski definition) is 4. The second kappa shape index (κ2) is 10.4. The van der Waals surface area contributed by atoms with Gasteiger partial charge in [-0.3, -0.25) is 4.79 Å². The van der Waals surface area contributed by atoms with Gasteiger partial charge in [0.15, 0.2) is 0 Å². The molecule has 1 atom stereocenters. The fraction of sp³-hybridized carbons (Fsp3) is 0.462. The second-order valence-corrected chi connectivity index (χ2v) is 9.35. The van der Waals surface area contributed by atoms with Gasteiger partial charge in [-0.1, -0.05) is 0 Å². The molecule has 0 fully saturated rings. The van der Waals surface area contributed by atoms with E-state index in [0.29, 0.717) is 17.6 Å². The van der Waals surface area contributed by atoms with Gasteiger partial charge in [0.2, 0.25) is 5.91 Å². The minimum atomic E-state index is -1.17. The Morgan fingerprint density at radius 2 is 1.81 bits per heavy atom. The van der Waals surface area contributed by atoms with Gasteiger partial charge in [0.05, 0.1) is 0 Å². The Bertz CT molecular complexity index is 1400. The van der Waals surface area contributed by atoms with Crippen molar-refractivity contribution in [1.29, 1.82) is 0 Å². The molecule has 0 bridgehead atoms. The largest absolute Gasteiger partial charge is 0.480 e. The normalized spacial score (nSPS) is 13.9. The molecule has 2 heterocycles. The molecule has 5 N–H and O–H groups in total. The maximum Gasteiger partial charge on any atom is 0.339 e. The Morgan fingerprint density at radius 3 is 2.53 bits per heavy atom. The lowest BCUT2D eigenvalue weighted by Crippen LogP contribution is -2.41. The summed E-state index contributed by atoms with van der Waals surface area (Å²) in [5.41, 5.74) is 8.87. The summed E-state index contributed by atoms with van der Waals surface area (Å²) in [4.78, 5) is 47.6. The van der Waals surface area contributed by atoms with Gasteiger partial charge >= 0.3 is 17.6 Å². The zero-order valence-corrected chi connectivity index (χ0v) is 20.5. The molecule has 0 radical (unpaired) electrons. The number of aryl methyl sites for hydroxylation is 4. The summed E-state index contributed by atoms with van der Waals surface area (Å²) in [5.74, 6) is -0.656. The van der Waals surface area contributed by atoms with Crippen LogP contribution in [0.3, 0.4) is 0 Å². The number of furan rings is 1. The Morgan fingerprint density at radius 1 is 1.08 bits per heavy atom. The lowest BCUT2D eigenvalue weighted by atomic mass is 9.93. The third-order valence-corrected chi connectivity index (χ3v) is 6.93. The van der Waals surface area contributed by atoms with Crippen molar-refractivity contribution in [1.82, 2.24) is 10.6 Å². The highest BCUT2D eigenvalue weighted by molar-refractivity contribution is 6.00. The number of carbonyl (C=O) groups is 3. The zero-order chi connectivity index (χ0) is 26.0. The predicted molar refractivity (Wildman–Crippen MR) is 133 cm³/mol. The molecule has 10 heteroatoms. The molecule has 0 aliphatic heterocycles. The van der Waals surface area contributed by atoms with Crippen LogP contribution in [-0.2, 0) is 28.9 Å². The average Bonchev–Trinajstić information content (AvgIpc) is 3.20. The molecule has 4 rings (SSSR count). The van der Waals surface area contributed by atoms with E-state index in [-0.39, 0.29) is 25.8 Å². The summed E-state index contributed by atoms with van der Waals surface area (Å²) >= 11 is 0. The van der Waals surface area contributed by atoms with Gasteiger partial charge in [-0.25, -0.2) is 14.4 Å². The third kappa shape index (κ3) is 5.07. The molecule has 0 unspecified atom stereocenters. The van der Waals surface area contributed by atoms with Crippen molar-refractivity contribution in [2.75, 3.05) is 6.54 Å². The lowest BCUT2D eigenvalue weighted by Gasteiger charge is -2.15. The number of amides is 3. The van der Waals surface area contributed by atoms with Gasteiger partial charge in [-0.15, -0.1) is 0 Å². The first kappa shape index (κ1) is 25.3. The van der Waals surface area contributed by atoms with Crippen molar-refractivity contribution < 1.29 is 28.3 Å². The molecule has 3 aromatic rings. The molecular weight excluding hydrogens is 466 g/mol. The molecule has 1 aliphatic carbocycles. The predicted octanol–water partition coefficient (Wildman–Crippen LogP) is 2.99. The van der Waals surface area contributed by atoms with E-state index in [2.05, 4.69) is 10.6 Å². The van der Waals surface area contributed by atoms with E-state index >= 15 is 0 Å². The number of carboxylic acid groups (broad SMARTS) is 1. The van der Waals surface area contributed by atoms with Crippen LogP contribution in [0.4, 0.5) is 4.79 Å². The van der Waals surface area contributed by atoms with Crippen molar-refractivity contribution in [3.05, 3.63) is 44.5 Å². The molecule has 2 aromatic heterocycles. The van der Waals surface area contributed by atoms with Crippen LogP contribution in [0.2, 0.25) is 0 Å². The maximum atomic E-state index is 12.8. The van der Waals surface area contributed by atoms with E-state index in [1.807, 2.05) is 19.9 Å². The number of aliphatic carboxylic acids is 1. The summed E-state index contributed by atoms with van der Waals surface area (Å²) in [7, 11) is 0. The van der Waals surface area contributed by atoms with Crippen LogP contribution < -0.4 is 22.0 Å². The molecule has 0 spiro atoms. The fourth-order valence-electron chi connectivity index (χ4n) is 4.99. The summed E-state index contributed by atoms with van der Waals surface area (Å²) in [6.07, 6.45) is 4.58. The summed E-state index contributed by atoms with van der Waals surface area (Å²) in [5, 5.41) is 16.1. The van der Waals surface area contributed by atoms with Gasteiger partial charge in [0, 0.05) is 46.8 Å². The van der Waals surface area contributed by atoms with E-state index < -0.39 is 29.6 Å². The summed E-state index contributed by atoms with van der Waals surface area (Å²) in [6, 6.07) is 0.219. The highest BCUT2D eigenvalue weighted by Gasteiger charge is 2.24. The van der Waals surface area contributed by atoms with E-state index in [9.17, 15) is 24.3 Å². The van der Waals surface area contributed by atoms with E-state index in [1.54, 1.807) is 0 Å². The third-order valence-electron chi connectivity index (χ3n) is 6.93. The molecule has 1 aromatic carbocycles. The number of nitrogens with two attached hydrogens (primary N) is 1. The molecule has 0 saturated carbocycles. The molecule has 10 nitrogen and oxygen atoms in total. The van der Waals surface area contributed by atoms with Crippen LogP contribution in [-0.4, -0.2) is 35.6 Å². The van der Waals surface area contributed by atoms with Crippen LogP contribution >= 0.6 is 0 Å². The number of nitrogens with one attached hydrogen (secondary N) is 2. The molecule has 3 amide bonds. The van der Waals surface area contributed by atoms with Gasteiger partial charge in [-0.2, -0.15) is 0 Å². The van der Waals surface area contributed by atoms with Crippen LogP contribution in [0.5, 0.6) is 0 Å². The van der Waals surface area contributed by atoms with Gasteiger partial charge < -0.3 is 30.3 Å². The van der Waals surface area contributed by atoms with Crippen molar-refractivity contribution >= 4 is 39.8 Å². The summed E-state index contributed by atoms with van der Waals surface area (Å²) in [6.45, 7) is 3.94. The van der Waals surface area contributed by atoms with Crippen LogP contribution in [0.1, 0.15) is 60.1 Å². The van der Waals surface area contributed by atoms with E-state index in [4.69, 9.17) is 14.6 Å². The van der Waals surface area contributed by atoms with Crippen molar-refractivity contribution in [2.24, 2.45) is 5.73 Å². The van der Waals surface area contributed by atoms with E-state index in [1.165, 1.54) is 5.56 Å². The minimum Gasteiger partial charge on any atom is -0.480 e. The first-order valence-electron chi connectivity index (χ1n) is 12.2. The highest BCUT2D eigenvalue weighted by atomic mass is 16.4. The van der Waals surface area contributed by atoms with Crippen LogP contribution in [0, 0.1) is 13.8 Å². The zero-order valence-electron chi connectivity index (χ0n) is 20.5. The minimum absolute atomic E-state index is 0.0667. The Hall–Kier alpha value is -3.82. The fourth-order valence-corrected chi connectivity index (χ4v) is 4.99. The second-order valence-electron chi connectivity index (χ2n) is 9.35. The van der Waals surface area contributed by atoms with Gasteiger partial charge in [0.25, 0.3) is 0 Å². The van der Waals surface area contributed by atoms with Crippen molar-refractivity contribution in [2.45, 2.75) is 71.3 Å². The van der Waals surface area contributed by atoms with Gasteiger partial charge in [-0.05, 0) is 64.0 Å². The Labute approximate surface area is 207 Å². The highest BCUT2D eigenvalue weighted by Crippen LogP contribution is 2.37. The number of carbonyl (C=O) groups excluding carboxylic acids is 2. The molecule has 1 aliphatic rings. The SMILES string of the molecule is Cc1c(CCC(=O)N[C@H](CCCNC(N)=O)C(=O)O)c(=O)oc2c(C)c3oc4c(c3cc12)CCCC4. The maximum absolute atomic E-state index is 12.8. The lowest BCUT2D eigenvalue weighted by molar-refractivity contribution is -0.142.